The zero-order valence-electron chi connectivity index (χ0n) is 16.0. The molecule has 1 atom stereocenters. The number of hydrogen-bond donors (Lipinski definition) is 1. The molecule has 0 spiro atoms. The topological polar surface area (TPSA) is 68.5 Å². The van der Waals surface area contributed by atoms with Gasteiger partial charge in [0.1, 0.15) is 24.2 Å². The van der Waals surface area contributed by atoms with Gasteiger partial charge in [0.05, 0.1) is 5.69 Å². The van der Waals surface area contributed by atoms with Crippen LogP contribution in [0.2, 0.25) is 0 Å². The molecule has 0 saturated heterocycles. The van der Waals surface area contributed by atoms with Crippen LogP contribution in [0.3, 0.4) is 0 Å². The first-order valence-electron chi connectivity index (χ1n) is 9.13. The number of benzene rings is 2. The predicted molar refractivity (Wildman–Crippen MR) is 102 cm³/mol. The van der Waals surface area contributed by atoms with Crippen LogP contribution in [0.5, 0.6) is 5.75 Å². The van der Waals surface area contributed by atoms with Gasteiger partial charge in [-0.1, -0.05) is 30.3 Å². The van der Waals surface area contributed by atoms with Crippen LogP contribution < -0.4 is 4.74 Å². The van der Waals surface area contributed by atoms with Gasteiger partial charge in [0.25, 0.3) is 5.78 Å². The van der Waals surface area contributed by atoms with Gasteiger partial charge in [-0.15, -0.1) is 0 Å². The van der Waals surface area contributed by atoms with Crippen molar-refractivity contribution < 1.29 is 37.0 Å². The van der Waals surface area contributed by atoms with E-state index >= 15 is 0 Å². The second-order valence-corrected chi connectivity index (χ2v) is 6.71. The van der Waals surface area contributed by atoms with Crippen LogP contribution in [0.1, 0.15) is 27.7 Å². The lowest BCUT2D eigenvalue weighted by molar-refractivity contribution is -0.141. The van der Waals surface area contributed by atoms with Gasteiger partial charge >= 0.3 is 12.1 Å². The second-order valence-electron chi connectivity index (χ2n) is 6.71. The number of aliphatic carboxylic acids is 1. The number of Topliss-reactive ketones (excluding diaryl/α,β-unsaturated/α-hetero) is 1. The Morgan fingerprint density at radius 2 is 1.68 bits per heavy atom. The van der Waals surface area contributed by atoms with E-state index in [1.165, 1.54) is 12.1 Å². The van der Waals surface area contributed by atoms with Gasteiger partial charge in [0.15, 0.2) is 0 Å². The fourth-order valence-corrected chi connectivity index (χ4v) is 3.03. The van der Waals surface area contributed by atoms with Crippen LogP contribution in [0.25, 0.3) is 0 Å². The molecule has 2 aromatic carbocycles. The van der Waals surface area contributed by atoms with Gasteiger partial charge in [-0.25, -0.2) is 9.18 Å². The summed E-state index contributed by atoms with van der Waals surface area (Å²) in [6.07, 6.45) is -4.14. The van der Waals surface area contributed by atoms with Gasteiger partial charge in [0.2, 0.25) is 0 Å². The summed E-state index contributed by atoms with van der Waals surface area (Å²) in [6.45, 7) is -0.00392. The van der Waals surface area contributed by atoms with Crippen molar-refractivity contribution in [2.75, 3.05) is 0 Å². The lowest BCUT2D eigenvalue weighted by Gasteiger charge is -2.18. The summed E-state index contributed by atoms with van der Waals surface area (Å²) in [7, 11) is 0. The van der Waals surface area contributed by atoms with Gasteiger partial charge in [-0.3, -0.25) is 4.79 Å². The van der Waals surface area contributed by atoms with Crippen LogP contribution in [0.15, 0.2) is 66.9 Å². The van der Waals surface area contributed by atoms with Crippen molar-refractivity contribution in [3.8, 4) is 5.75 Å². The first kappa shape index (κ1) is 22.1. The summed E-state index contributed by atoms with van der Waals surface area (Å²) < 4.78 is 58.4. The Bertz CT molecular complexity index is 1070. The molecule has 3 aromatic rings. The minimum absolute atomic E-state index is 0.00392. The quantitative estimate of drug-likeness (QED) is 0.407. The van der Waals surface area contributed by atoms with Crippen LogP contribution in [0, 0.1) is 5.82 Å². The Morgan fingerprint density at radius 3 is 2.29 bits per heavy atom. The molecule has 0 saturated carbocycles. The third-order valence-electron chi connectivity index (χ3n) is 4.59. The zero-order valence-corrected chi connectivity index (χ0v) is 16.0. The van der Waals surface area contributed by atoms with Crippen molar-refractivity contribution in [3.05, 3.63) is 89.5 Å². The molecule has 0 fully saturated rings. The molecule has 1 N–H and O–H groups in total. The van der Waals surface area contributed by atoms with Crippen molar-refractivity contribution in [1.29, 1.82) is 0 Å². The van der Waals surface area contributed by atoms with Crippen molar-refractivity contribution in [2.24, 2.45) is 0 Å². The number of alkyl halides is 3. The average molecular weight is 435 g/mol. The monoisotopic (exact) mass is 435 g/mol. The van der Waals surface area contributed by atoms with Gasteiger partial charge in [-0.2, -0.15) is 13.2 Å². The van der Waals surface area contributed by atoms with E-state index in [1.54, 1.807) is 42.5 Å². The summed E-state index contributed by atoms with van der Waals surface area (Å²) in [6, 6.07) is 13.1. The number of carboxylic acid groups (broad SMARTS) is 1. The van der Waals surface area contributed by atoms with Gasteiger partial charge in [0, 0.05) is 18.2 Å². The van der Waals surface area contributed by atoms with E-state index < -0.39 is 35.5 Å². The minimum Gasteiger partial charge on any atom is -0.489 e. The van der Waals surface area contributed by atoms with Crippen molar-refractivity contribution in [1.82, 2.24) is 4.57 Å². The molecular weight excluding hydrogens is 418 g/mol. The fraction of sp³-hybridized carbons (Fsp3) is 0.182. The number of ketones is 1. The van der Waals surface area contributed by atoms with Crippen molar-refractivity contribution >= 4 is 11.8 Å². The third kappa shape index (κ3) is 5.30. The largest absolute Gasteiger partial charge is 0.489 e. The molecule has 1 aromatic heterocycles. The second kappa shape index (κ2) is 9.03. The molecule has 3 rings (SSSR count). The molecule has 0 radical (unpaired) electrons. The lowest BCUT2D eigenvalue weighted by Crippen LogP contribution is -2.29. The van der Waals surface area contributed by atoms with E-state index in [9.17, 15) is 32.3 Å². The summed E-state index contributed by atoms with van der Waals surface area (Å²) in [5.74, 6) is -3.49. The predicted octanol–water partition coefficient (Wildman–Crippen LogP) is 4.82. The maximum Gasteiger partial charge on any atom is 0.456 e. The Balaban J connectivity index is 1.73. The Labute approximate surface area is 174 Å². The molecule has 0 aliphatic heterocycles. The van der Waals surface area contributed by atoms with Gasteiger partial charge in [-0.05, 0) is 35.9 Å². The molecule has 5 nitrogen and oxygen atoms in total. The molecule has 31 heavy (non-hydrogen) atoms. The highest BCUT2D eigenvalue weighted by atomic mass is 19.4. The van der Waals surface area contributed by atoms with Crippen molar-refractivity contribution in [3.63, 3.8) is 0 Å². The minimum atomic E-state index is -5.11. The van der Waals surface area contributed by atoms with E-state index in [2.05, 4.69) is 0 Å². The van der Waals surface area contributed by atoms with E-state index in [0.717, 1.165) is 16.8 Å². The molecular formula is C22H17F4NO4. The Morgan fingerprint density at radius 1 is 1.00 bits per heavy atom. The number of rotatable bonds is 8. The number of hydrogen-bond acceptors (Lipinski definition) is 3. The Kier molecular flexibility index (Phi) is 6.43. The first-order chi connectivity index (χ1) is 14.7. The first-order valence-corrected chi connectivity index (χ1v) is 9.13. The summed E-state index contributed by atoms with van der Waals surface area (Å²) >= 11 is 0. The summed E-state index contributed by atoms with van der Waals surface area (Å²) in [5.41, 5.74) is 0.126. The maximum atomic E-state index is 13.6. The van der Waals surface area contributed by atoms with Crippen LogP contribution >= 0.6 is 0 Å². The number of carboxylic acids is 1. The fourth-order valence-electron chi connectivity index (χ4n) is 3.03. The summed E-state index contributed by atoms with van der Waals surface area (Å²) in [5, 5.41) is 9.53. The molecule has 1 heterocycles. The van der Waals surface area contributed by atoms with Crippen molar-refractivity contribution in [2.45, 2.75) is 25.2 Å². The normalized spacial score (nSPS) is 12.4. The van der Waals surface area contributed by atoms with Crippen LogP contribution in [0.4, 0.5) is 17.6 Å². The lowest BCUT2D eigenvalue weighted by atomic mass is 10.0. The standard InChI is InChI=1S/C22H17F4NO4/c23-17-5-2-1-4-15(17)13-31-16-9-7-14(8-10-16)12-19(21(29)30)27-11-3-6-18(27)20(28)22(24,25)26/h1-11,19H,12-13H2,(H,29,30)/t19-/m0/s1. The van der Waals surface area contributed by atoms with E-state index in [1.807, 2.05) is 0 Å². The Hall–Kier alpha value is -3.62. The maximum absolute atomic E-state index is 13.6. The van der Waals surface area contributed by atoms with E-state index in [0.29, 0.717) is 16.9 Å². The molecule has 0 bridgehead atoms. The molecule has 0 aliphatic carbocycles. The number of carbonyl (C=O) groups is 2. The summed E-state index contributed by atoms with van der Waals surface area (Å²) in [4.78, 5) is 23.3. The average Bonchev–Trinajstić information content (AvgIpc) is 3.20. The highest BCUT2D eigenvalue weighted by Gasteiger charge is 2.41. The smallest absolute Gasteiger partial charge is 0.456 e. The number of carbonyl (C=O) groups excluding carboxylic acids is 1. The molecule has 162 valence electrons. The van der Waals surface area contributed by atoms with Crippen LogP contribution in [-0.2, 0) is 17.8 Å². The molecule has 0 aliphatic rings. The van der Waals surface area contributed by atoms with Gasteiger partial charge < -0.3 is 14.4 Å². The molecule has 0 unspecified atom stereocenters. The third-order valence-corrected chi connectivity index (χ3v) is 4.59. The number of aromatic nitrogens is 1. The highest BCUT2D eigenvalue weighted by molar-refractivity contribution is 5.99. The number of halogens is 4. The zero-order chi connectivity index (χ0) is 22.6. The molecule has 9 heteroatoms. The van der Waals surface area contributed by atoms with E-state index in [4.69, 9.17) is 4.74 Å². The number of nitrogens with zero attached hydrogens (tertiary/aromatic N) is 1. The van der Waals surface area contributed by atoms with Crippen LogP contribution in [-0.4, -0.2) is 27.6 Å². The molecule has 0 amide bonds. The van der Waals surface area contributed by atoms with E-state index in [-0.39, 0.29) is 13.0 Å². The highest BCUT2D eigenvalue weighted by Crippen LogP contribution is 2.26. The SMILES string of the molecule is O=C(O)[C@H](Cc1ccc(OCc2ccccc2F)cc1)n1cccc1C(=O)C(F)(F)F. The number of ether oxygens (including phenoxy) is 1.